The zero-order chi connectivity index (χ0) is 15.7. The molecule has 4 aliphatic carbocycles. The Morgan fingerprint density at radius 3 is 1.76 bits per heavy atom. The highest BCUT2D eigenvalue weighted by Gasteiger charge is 2.69. The molecular formula is C15H23IO5. The molecule has 0 radical (unpaired) electrons. The van der Waals surface area contributed by atoms with Gasteiger partial charge in [-0.1, -0.05) is 29.5 Å². The Morgan fingerprint density at radius 1 is 1.05 bits per heavy atom. The van der Waals surface area contributed by atoms with Gasteiger partial charge in [0.2, 0.25) is 0 Å². The van der Waals surface area contributed by atoms with E-state index in [2.05, 4.69) is 22.6 Å². The van der Waals surface area contributed by atoms with Crippen LogP contribution in [0, 0.1) is 0 Å². The van der Waals surface area contributed by atoms with E-state index in [0.29, 0.717) is 25.7 Å². The summed E-state index contributed by atoms with van der Waals surface area (Å²) in [5, 5.41) is 32.0. The van der Waals surface area contributed by atoms with Crippen molar-refractivity contribution in [1.29, 1.82) is 0 Å². The summed E-state index contributed by atoms with van der Waals surface area (Å²) in [6.45, 7) is 3.73. The number of carbonyl (C=O) groups excluding carboxylic acids is 1. The van der Waals surface area contributed by atoms with Gasteiger partial charge in [-0.25, -0.2) is 0 Å². The minimum atomic E-state index is -1.13. The molecule has 0 heterocycles. The fourth-order valence-corrected chi connectivity index (χ4v) is 5.05. The molecule has 1 unspecified atom stereocenters. The number of ether oxygens (including phenoxy) is 1. The maximum absolute atomic E-state index is 12.4. The number of aliphatic hydroxyl groups is 3. The molecule has 0 spiro atoms. The van der Waals surface area contributed by atoms with Gasteiger partial charge in [-0.05, 0) is 13.3 Å². The first-order valence-electron chi connectivity index (χ1n) is 7.53. The number of carbonyl (C=O) groups is 1. The van der Waals surface area contributed by atoms with Gasteiger partial charge < -0.3 is 20.1 Å². The molecule has 1 atom stereocenters. The molecule has 21 heavy (non-hydrogen) atoms. The van der Waals surface area contributed by atoms with Crippen LogP contribution in [0.5, 0.6) is 0 Å². The maximum atomic E-state index is 12.4. The van der Waals surface area contributed by atoms with E-state index in [-0.39, 0.29) is 25.2 Å². The van der Waals surface area contributed by atoms with E-state index < -0.39 is 25.8 Å². The lowest BCUT2D eigenvalue weighted by atomic mass is 9.48. The van der Waals surface area contributed by atoms with Crippen LogP contribution in [0.25, 0.3) is 0 Å². The monoisotopic (exact) mass is 410 g/mol. The first-order valence-corrected chi connectivity index (χ1v) is 8.60. The second-order valence-electron chi connectivity index (χ2n) is 7.86. The molecule has 4 rings (SSSR count). The minimum Gasteiger partial charge on any atom is -0.458 e. The van der Waals surface area contributed by atoms with Crippen molar-refractivity contribution in [3.63, 3.8) is 0 Å². The standard InChI is InChI=1S/C15H23IO5/c1-3-11(2,16)10(17)21-15-7-12(18)4-13(19,8-15)6-14(20,5-12)9-15/h18-20H,3-9H2,1-2H3. The van der Waals surface area contributed by atoms with E-state index in [1.165, 1.54) is 0 Å². The van der Waals surface area contributed by atoms with E-state index >= 15 is 0 Å². The van der Waals surface area contributed by atoms with Crippen molar-refractivity contribution in [3.05, 3.63) is 0 Å². The van der Waals surface area contributed by atoms with Crippen LogP contribution in [0.15, 0.2) is 0 Å². The number of halogens is 1. The van der Waals surface area contributed by atoms with Crippen LogP contribution in [0.4, 0.5) is 0 Å². The predicted molar refractivity (Wildman–Crippen MR) is 84.1 cm³/mol. The topological polar surface area (TPSA) is 87.0 Å². The first kappa shape index (κ1) is 16.0. The highest BCUT2D eigenvalue weighted by atomic mass is 127. The molecule has 0 aromatic carbocycles. The smallest absolute Gasteiger partial charge is 0.322 e. The van der Waals surface area contributed by atoms with Crippen LogP contribution < -0.4 is 0 Å². The predicted octanol–water partition coefficient (Wildman–Crippen LogP) is 1.45. The Kier molecular flexibility index (Phi) is 3.29. The molecule has 6 heteroatoms. The first-order chi connectivity index (χ1) is 9.43. The summed E-state index contributed by atoms with van der Waals surface area (Å²) in [6.07, 6.45) is 2.36. The van der Waals surface area contributed by atoms with Gasteiger partial charge in [0.05, 0.1) is 16.8 Å². The molecule has 4 fully saturated rings. The lowest BCUT2D eigenvalue weighted by molar-refractivity contribution is -0.301. The van der Waals surface area contributed by atoms with Gasteiger partial charge in [0.15, 0.2) is 0 Å². The summed E-state index contributed by atoms with van der Waals surface area (Å²) >= 11 is 2.07. The Bertz CT molecular complexity index is 435. The van der Waals surface area contributed by atoms with Crippen molar-refractivity contribution in [3.8, 4) is 0 Å². The van der Waals surface area contributed by atoms with Crippen LogP contribution in [0.2, 0.25) is 0 Å². The number of esters is 1. The Hall–Kier alpha value is 0.0800. The molecule has 0 aromatic rings. The third kappa shape index (κ3) is 2.62. The third-order valence-electron chi connectivity index (χ3n) is 5.33. The fraction of sp³-hybridized carbons (Fsp3) is 0.933. The second kappa shape index (κ2) is 4.33. The van der Waals surface area contributed by atoms with E-state index in [9.17, 15) is 20.1 Å². The maximum Gasteiger partial charge on any atom is 0.322 e. The number of hydrogen-bond donors (Lipinski definition) is 3. The molecule has 120 valence electrons. The van der Waals surface area contributed by atoms with E-state index in [4.69, 9.17) is 4.74 Å². The average molecular weight is 410 g/mol. The molecule has 3 N–H and O–H groups in total. The molecule has 0 aliphatic heterocycles. The van der Waals surface area contributed by atoms with E-state index in [1.807, 2.05) is 13.8 Å². The molecule has 0 amide bonds. The zero-order valence-corrected chi connectivity index (χ0v) is 14.6. The SMILES string of the molecule is CCC(C)(I)C(=O)OC12CC3(O)CC(O)(CC(O)(C3)C1)C2. The molecule has 4 saturated carbocycles. The number of rotatable bonds is 3. The summed E-state index contributed by atoms with van der Waals surface area (Å²) in [5.41, 5.74) is -4.34. The summed E-state index contributed by atoms with van der Waals surface area (Å²) in [7, 11) is 0. The number of hydrogen-bond acceptors (Lipinski definition) is 5. The quantitative estimate of drug-likeness (QED) is 0.373. The van der Waals surface area contributed by atoms with Crippen LogP contribution in [-0.4, -0.2) is 47.1 Å². The highest BCUT2D eigenvalue weighted by Crippen LogP contribution is 2.62. The van der Waals surface area contributed by atoms with E-state index in [1.54, 1.807) is 0 Å². The van der Waals surface area contributed by atoms with Crippen molar-refractivity contribution in [1.82, 2.24) is 0 Å². The summed E-state index contributed by atoms with van der Waals surface area (Å²) < 4.78 is 5.15. The third-order valence-corrected chi connectivity index (χ3v) is 6.53. The molecule has 0 aromatic heterocycles. The van der Waals surface area contributed by atoms with Gasteiger partial charge in [0, 0.05) is 38.5 Å². The second-order valence-corrected chi connectivity index (χ2v) is 10.2. The molecule has 4 aliphatic rings. The van der Waals surface area contributed by atoms with Crippen LogP contribution >= 0.6 is 22.6 Å². The number of alkyl halides is 1. The van der Waals surface area contributed by atoms with Crippen molar-refractivity contribution in [2.45, 2.75) is 84.6 Å². The van der Waals surface area contributed by atoms with Crippen molar-refractivity contribution >= 4 is 28.6 Å². The van der Waals surface area contributed by atoms with Gasteiger partial charge in [-0.2, -0.15) is 0 Å². The van der Waals surface area contributed by atoms with Crippen LogP contribution in [0.3, 0.4) is 0 Å². The molecule has 5 nitrogen and oxygen atoms in total. The Labute approximate surface area is 138 Å². The van der Waals surface area contributed by atoms with E-state index in [0.717, 1.165) is 0 Å². The Balaban J connectivity index is 1.90. The van der Waals surface area contributed by atoms with Crippen LogP contribution in [-0.2, 0) is 9.53 Å². The summed E-state index contributed by atoms with van der Waals surface area (Å²) in [6, 6.07) is 0. The zero-order valence-electron chi connectivity index (χ0n) is 12.5. The normalized spacial score (nSPS) is 50.8. The lowest BCUT2D eigenvalue weighted by Gasteiger charge is -2.65. The average Bonchev–Trinajstić information content (AvgIpc) is 2.21. The Morgan fingerprint density at radius 2 is 1.43 bits per heavy atom. The van der Waals surface area contributed by atoms with Gasteiger partial charge in [0.25, 0.3) is 0 Å². The van der Waals surface area contributed by atoms with Gasteiger partial charge in [-0.15, -0.1) is 0 Å². The summed E-state index contributed by atoms with van der Waals surface area (Å²) in [4.78, 5) is 12.4. The highest BCUT2D eigenvalue weighted by molar-refractivity contribution is 14.1. The molecule has 4 bridgehead atoms. The fourth-order valence-electron chi connectivity index (χ4n) is 4.94. The minimum absolute atomic E-state index is 0.261. The van der Waals surface area contributed by atoms with Gasteiger partial charge in [-0.3, -0.25) is 4.79 Å². The lowest BCUT2D eigenvalue weighted by Crippen LogP contribution is -2.72. The van der Waals surface area contributed by atoms with Crippen molar-refractivity contribution < 1.29 is 24.9 Å². The van der Waals surface area contributed by atoms with Crippen LogP contribution in [0.1, 0.15) is 58.8 Å². The van der Waals surface area contributed by atoms with Gasteiger partial charge in [0.1, 0.15) is 9.02 Å². The molecular weight excluding hydrogens is 387 g/mol. The summed E-state index contributed by atoms with van der Waals surface area (Å²) in [5.74, 6) is -0.330. The van der Waals surface area contributed by atoms with Gasteiger partial charge >= 0.3 is 5.97 Å². The molecule has 0 saturated heterocycles. The van der Waals surface area contributed by atoms with Crippen molar-refractivity contribution in [2.75, 3.05) is 0 Å². The van der Waals surface area contributed by atoms with Crippen molar-refractivity contribution in [2.24, 2.45) is 0 Å². The largest absolute Gasteiger partial charge is 0.458 e.